The maximum atomic E-state index is 6.62. The Morgan fingerprint density at radius 2 is 1.20 bits per heavy atom. The molecule has 2 nitrogen and oxygen atoms in total. The first-order chi connectivity index (χ1) is 22.3. The van der Waals surface area contributed by atoms with E-state index >= 15 is 0 Å². The molecule has 0 fully saturated rings. The third kappa shape index (κ3) is 3.62. The summed E-state index contributed by atoms with van der Waals surface area (Å²) in [5.41, 5.74) is 10.1. The first-order valence-electron chi connectivity index (χ1n) is 15.3. The van der Waals surface area contributed by atoms with E-state index in [0.717, 1.165) is 38.7 Å². The first kappa shape index (κ1) is 24.8. The van der Waals surface area contributed by atoms with Crippen LogP contribution in [0.2, 0.25) is 0 Å². The predicted molar refractivity (Wildman–Crippen MR) is 192 cm³/mol. The lowest BCUT2D eigenvalue weighted by molar-refractivity contribution is 0.671. The lowest BCUT2D eigenvalue weighted by Gasteiger charge is -2.10. The molecule has 7 aromatic carbocycles. The van der Waals surface area contributed by atoms with Crippen molar-refractivity contribution < 1.29 is 4.42 Å². The SMILES string of the molecule is c1ccc(-c2ccc3c(c2)c2ccc4c5ccccc5oc4c2n3-c2ccc(-c3cccc4c3sc3ccccc34)cc2)cc1. The van der Waals surface area contributed by atoms with Gasteiger partial charge in [-0.05, 0) is 64.7 Å². The summed E-state index contributed by atoms with van der Waals surface area (Å²) >= 11 is 1.87. The van der Waals surface area contributed by atoms with Gasteiger partial charge in [-0.15, -0.1) is 11.3 Å². The minimum atomic E-state index is 0.911. The second-order valence-corrected chi connectivity index (χ2v) is 12.7. The monoisotopic (exact) mass is 591 g/mol. The number of nitrogens with zero attached hydrogens (tertiary/aromatic N) is 1. The Morgan fingerprint density at radius 1 is 0.467 bits per heavy atom. The number of furan rings is 1. The molecule has 3 heteroatoms. The highest BCUT2D eigenvalue weighted by Gasteiger charge is 2.20. The average Bonchev–Trinajstić information content (AvgIpc) is 3.78. The fourth-order valence-corrected chi connectivity index (χ4v) is 8.36. The number of rotatable bonds is 3. The van der Waals surface area contributed by atoms with E-state index in [4.69, 9.17) is 4.42 Å². The topological polar surface area (TPSA) is 18.1 Å². The van der Waals surface area contributed by atoms with Crippen molar-refractivity contribution in [2.75, 3.05) is 0 Å². The van der Waals surface area contributed by atoms with E-state index < -0.39 is 0 Å². The molecule has 0 aliphatic carbocycles. The van der Waals surface area contributed by atoms with E-state index in [9.17, 15) is 0 Å². The van der Waals surface area contributed by atoms with Gasteiger partial charge in [0.05, 0.1) is 11.0 Å². The maximum Gasteiger partial charge on any atom is 0.160 e. The number of hydrogen-bond acceptors (Lipinski definition) is 2. The van der Waals surface area contributed by atoms with Crippen molar-refractivity contribution in [2.45, 2.75) is 0 Å². The zero-order valence-electron chi connectivity index (χ0n) is 24.2. The van der Waals surface area contributed by atoms with Crippen LogP contribution in [0.5, 0.6) is 0 Å². The molecule has 45 heavy (non-hydrogen) atoms. The number of thiophene rings is 1. The van der Waals surface area contributed by atoms with Crippen LogP contribution in [0.4, 0.5) is 0 Å². The molecule has 0 amide bonds. The van der Waals surface area contributed by atoms with Crippen LogP contribution in [0.15, 0.2) is 156 Å². The van der Waals surface area contributed by atoms with Crippen LogP contribution in [0.3, 0.4) is 0 Å². The van der Waals surface area contributed by atoms with Crippen molar-refractivity contribution in [3.05, 3.63) is 152 Å². The van der Waals surface area contributed by atoms with Crippen LogP contribution in [0.25, 0.3) is 91.9 Å². The van der Waals surface area contributed by atoms with Gasteiger partial charge in [-0.25, -0.2) is 0 Å². The van der Waals surface area contributed by atoms with Crippen molar-refractivity contribution in [3.8, 4) is 27.9 Å². The fourth-order valence-electron chi connectivity index (χ4n) is 7.12. The fraction of sp³-hybridized carbons (Fsp3) is 0. The number of aromatic nitrogens is 1. The quantitative estimate of drug-likeness (QED) is 0.200. The molecular weight excluding hydrogens is 567 g/mol. The van der Waals surface area contributed by atoms with Gasteiger partial charge in [0.1, 0.15) is 5.58 Å². The summed E-state index contributed by atoms with van der Waals surface area (Å²) in [6.07, 6.45) is 0. The summed E-state index contributed by atoms with van der Waals surface area (Å²) < 4.78 is 11.7. The standard InChI is InChI=1S/C42H25NOS/c1-2-9-26(10-3-1)28-19-24-37-36(25-28)33-22-23-34-31-11-4-6-15-38(31)44-41(34)40(33)43(37)29-20-17-27(18-21-29)30-13-8-14-35-32-12-5-7-16-39(32)45-42(30)35/h1-25H. The molecular formula is C42H25NOS. The Bertz CT molecular complexity index is 2740. The largest absolute Gasteiger partial charge is 0.454 e. The minimum absolute atomic E-state index is 0.911. The molecule has 0 N–H and O–H groups in total. The summed E-state index contributed by atoms with van der Waals surface area (Å²) in [6.45, 7) is 0. The van der Waals surface area contributed by atoms with Gasteiger partial charge in [0.15, 0.2) is 5.58 Å². The van der Waals surface area contributed by atoms with Crippen LogP contribution >= 0.6 is 11.3 Å². The van der Waals surface area contributed by atoms with Gasteiger partial charge < -0.3 is 8.98 Å². The normalized spacial score (nSPS) is 12.0. The Kier molecular flexibility index (Phi) is 5.19. The van der Waals surface area contributed by atoms with Gasteiger partial charge in [0, 0.05) is 47.4 Å². The Labute approximate surface area is 263 Å². The summed E-state index contributed by atoms with van der Waals surface area (Å²) in [5.74, 6) is 0. The Hall–Kier alpha value is -5.64. The molecule has 0 radical (unpaired) electrons. The second-order valence-electron chi connectivity index (χ2n) is 11.7. The van der Waals surface area contributed by atoms with E-state index in [-0.39, 0.29) is 0 Å². The van der Waals surface area contributed by atoms with Crippen LogP contribution in [-0.2, 0) is 0 Å². The predicted octanol–water partition coefficient (Wildman–Crippen LogP) is 12.4. The van der Waals surface area contributed by atoms with Gasteiger partial charge in [0.25, 0.3) is 0 Å². The molecule has 0 aliphatic heterocycles. The van der Waals surface area contributed by atoms with Gasteiger partial charge in [0.2, 0.25) is 0 Å². The molecule has 0 unspecified atom stereocenters. The van der Waals surface area contributed by atoms with Crippen LogP contribution < -0.4 is 0 Å². The van der Waals surface area contributed by atoms with Crippen molar-refractivity contribution in [2.24, 2.45) is 0 Å². The molecule has 3 heterocycles. The lowest BCUT2D eigenvalue weighted by atomic mass is 10.0. The molecule has 0 saturated heterocycles. The summed E-state index contributed by atoms with van der Waals surface area (Å²) in [4.78, 5) is 0. The van der Waals surface area contributed by atoms with Gasteiger partial charge in [-0.3, -0.25) is 0 Å². The van der Waals surface area contributed by atoms with Crippen LogP contribution in [0.1, 0.15) is 0 Å². The smallest absolute Gasteiger partial charge is 0.160 e. The third-order valence-electron chi connectivity index (χ3n) is 9.22. The van der Waals surface area contributed by atoms with Gasteiger partial charge >= 0.3 is 0 Å². The minimum Gasteiger partial charge on any atom is -0.454 e. The molecule has 0 aliphatic rings. The second kappa shape index (κ2) is 9.43. The van der Waals surface area contributed by atoms with E-state index in [2.05, 4.69) is 150 Å². The van der Waals surface area contributed by atoms with Crippen LogP contribution in [0, 0.1) is 0 Å². The average molecular weight is 592 g/mol. The number of para-hydroxylation sites is 1. The zero-order valence-corrected chi connectivity index (χ0v) is 25.0. The molecule has 0 atom stereocenters. The first-order valence-corrected chi connectivity index (χ1v) is 16.1. The zero-order chi connectivity index (χ0) is 29.5. The number of hydrogen-bond donors (Lipinski definition) is 0. The number of fused-ring (bicyclic) bond motifs is 10. The van der Waals surface area contributed by atoms with E-state index in [1.165, 1.54) is 53.2 Å². The molecule has 0 saturated carbocycles. The van der Waals surface area contributed by atoms with Gasteiger partial charge in [-0.2, -0.15) is 0 Å². The van der Waals surface area contributed by atoms with E-state index in [0.29, 0.717) is 0 Å². The van der Waals surface area contributed by atoms with Gasteiger partial charge in [-0.1, -0.05) is 109 Å². The molecule has 10 rings (SSSR count). The van der Waals surface area contributed by atoms with Crippen molar-refractivity contribution >= 4 is 75.3 Å². The Balaban J connectivity index is 1.22. The summed E-state index contributed by atoms with van der Waals surface area (Å²) in [5, 5.41) is 7.33. The highest BCUT2D eigenvalue weighted by atomic mass is 32.1. The van der Waals surface area contributed by atoms with Crippen molar-refractivity contribution in [3.63, 3.8) is 0 Å². The van der Waals surface area contributed by atoms with Crippen molar-refractivity contribution in [1.82, 2.24) is 4.57 Å². The highest BCUT2D eigenvalue weighted by molar-refractivity contribution is 7.26. The molecule has 10 aromatic rings. The molecule has 3 aromatic heterocycles. The highest BCUT2D eigenvalue weighted by Crippen LogP contribution is 2.43. The molecule has 210 valence electrons. The molecule has 0 spiro atoms. The van der Waals surface area contributed by atoms with E-state index in [1.54, 1.807) is 0 Å². The van der Waals surface area contributed by atoms with Crippen molar-refractivity contribution in [1.29, 1.82) is 0 Å². The number of benzene rings is 7. The van der Waals surface area contributed by atoms with Crippen LogP contribution in [-0.4, -0.2) is 4.57 Å². The lowest BCUT2D eigenvalue weighted by Crippen LogP contribution is -1.94. The summed E-state index contributed by atoms with van der Waals surface area (Å²) in [6, 6.07) is 54.7. The molecule has 0 bridgehead atoms. The summed E-state index contributed by atoms with van der Waals surface area (Å²) in [7, 11) is 0. The third-order valence-corrected chi connectivity index (χ3v) is 10.4. The van der Waals surface area contributed by atoms with E-state index in [1.807, 2.05) is 17.4 Å². The Morgan fingerprint density at radius 3 is 2.09 bits per heavy atom. The maximum absolute atomic E-state index is 6.62.